The first-order chi connectivity index (χ1) is 15.6. The van der Waals surface area contributed by atoms with Gasteiger partial charge in [-0.05, 0) is 24.1 Å². The van der Waals surface area contributed by atoms with Gasteiger partial charge in [-0.3, -0.25) is 19.6 Å². The maximum absolute atomic E-state index is 9.76. The van der Waals surface area contributed by atoms with Crippen LogP contribution >= 0.6 is 0 Å². The quantitative estimate of drug-likeness (QED) is 0.266. The molecular formula is C23H43N5O4. The van der Waals surface area contributed by atoms with Crippen LogP contribution in [-0.2, 0) is 6.42 Å². The minimum atomic E-state index is 0.0858. The number of β-amino-alcohol motifs (C(OH)–C–C–N with tert-alkyl or cyclic N) is 4. The number of hydrogen-bond acceptors (Lipinski definition) is 9. The molecule has 1 aromatic rings. The van der Waals surface area contributed by atoms with Crippen LogP contribution in [0.1, 0.15) is 5.56 Å². The summed E-state index contributed by atoms with van der Waals surface area (Å²) in [4.78, 5) is 9.11. The molecular weight excluding hydrogens is 410 g/mol. The molecule has 0 saturated carbocycles. The Labute approximate surface area is 192 Å². The van der Waals surface area contributed by atoms with Crippen LogP contribution in [0.5, 0.6) is 0 Å². The molecule has 2 rings (SSSR count). The topological polar surface area (TPSA) is 120 Å². The van der Waals surface area contributed by atoms with Crippen LogP contribution in [0.3, 0.4) is 0 Å². The van der Waals surface area contributed by atoms with Gasteiger partial charge in [0.25, 0.3) is 0 Å². The molecule has 1 aliphatic heterocycles. The van der Waals surface area contributed by atoms with Gasteiger partial charge in [-0.1, -0.05) is 12.1 Å². The molecule has 0 aliphatic carbocycles. The van der Waals surface area contributed by atoms with Crippen LogP contribution in [0, 0.1) is 0 Å². The summed E-state index contributed by atoms with van der Waals surface area (Å²) < 4.78 is 0. The third-order valence-corrected chi connectivity index (χ3v) is 6.24. The van der Waals surface area contributed by atoms with Crippen molar-refractivity contribution < 1.29 is 20.4 Å². The first-order valence-electron chi connectivity index (χ1n) is 11.8. The number of nitrogen functional groups attached to an aromatic ring is 1. The highest BCUT2D eigenvalue weighted by Crippen LogP contribution is 2.14. The molecule has 184 valence electrons. The van der Waals surface area contributed by atoms with E-state index in [4.69, 9.17) is 5.73 Å². The van der Waals surface area contributed by atoms with Gasteiger partial charge in [0.1, 0.15) is 0 Å². The molecule has 32 heavy (non-hydrogen) atoms. The standard InChI is InChI=1S/C23H43N5O4/c24-22-3-1-21(2-4-22)19-23-20-27(13-17-31)8-7-25(11-15-29)5-6-26(12-16-30)9-10-28(23)14-18-32/h1-4,23,29-32H,5-20,24H2. The first-order valence-corrected chi connectivity index (χ1v) is 11.8. The van der Waals surface area contributed by atoms with E-state index in [2.05, 4.69) is 31.7 Å². The van der Waals surface area contributed by atoms with Gasteiger partial charge in [-0.15, -0.1) is 0 Å². The third-order valence-electron chi connectivity index (χ3n) is 6.24. The lowest BCUT2D eigenvalue weighted by atomic mass is 10.0. The van der Waals surface area contributed by atoms with Crippen LogP contribution in [0.2, 0.25) is 0 Å². The van der Waals surface area contributed by atoms with Crippen molar-refractivity contribution in [2.45, 2.75) is 12.5 Å². The Balaban J connectivity index is 2.24. The number of nitrogens with zero attached hydrogens (tertiary/aromatic N) is 4. The summed E-state index contributed by atoms with van der Waals surface area (Å²) in [5.74, 6) is 0. The number of aliphatic hydroxyl groups is 4. The van der Waals surface area contributed by atoms with E-state index in [1.54, 1.807) is 0 Å². The van der Waals surface area contributed by atoms with E-state index in [0.717, 1.165) is 57.9 Å². The Hall–Kier alpha value is -1.30. The number of nitrogens with two attached hydrogens (primary N) is 1. The normalized spacial score (nSPS) is 21.3. The summed E-state index contributed by atoms with van der Waals surface area (Å²) in [6.07, 6.45) is 0.822. The van der Waals surface area contributed by atoms with Crippen molar-refractivity contribution in [3.8, 4) is 0 Å². The number of benzene rings is 1. The minimum absolute atomic E-state index is 0.0858. The molecule has 6 N–H and O–H groups in total. The second kappa shape index (κ2) is 15.5. The van der Waals surface area contributed by atoms with Gasteiger partial charge in [0.2, 0.25) is 0 Å². The Kier molecular flexibility index (Phi) is 13.1. The Morgan fingerprint density at radius 2 is 1.12 bits per heavy atom. The number of hydrogen-bond donors (Lipinski definition) is 5. The molecule has 0 amide bonds. The molecule has 1 aromatic carbocycles. The van der Waals surface area contributed by atoms with Crippen molar-refractivity contribution in [2.24, 2.45) is 0 Å². The van der Waals surface area contributed by atoms with Crippen LogP contribution in [-0.4, -0.2) is 144 Å². The lowest BCUT2D eigenvalue weighted by molar-refractivity contribution is 0.0699. The summed E-state index contributed by atoms with van der Waals surface area (Å²) in [5, 5.41) is 38.4. The van der Waals surface area contributed by atoms with Gasteiger partial charge in [0.15, 0.2) is 0 Å². The molecule has 0 bridgehead atoms. The molecule has 9 heteroatoms. The molecule has 0 aromatic heterocycles. The maximum atomic E-state index is 9.76. The third kappa shape index (κ3) is 9.68. The average Bonchev–Trinajstić information content (AvgIpc) is 2.78. The van der Waals surface area contributed by atoms with Crippen molar-refractivity contribution in [1.29, 1.82) is 0 Å². The zero-order chi connectivity index (χ0) is 23.2. The van der Waals surface area contributed by atoms with Gasteiger partial charge in [0, 0.05) is 83.7 Å². The monoisotopic (exact) mass is 453 g/mol. The average molecular weight is 454 g/mol. The van der Waals surface area contributed by atoms with Gasteiger partial charge in [0.05, 0.1) is 26.4 Å². The zero-order valence-electron chi connectivity index (χ0n) is 19.4. The second-order valence-electron chi connectivity index (χ2n) is 8.51. The van der Waals surface area contributed by atoms with Crippen molar-refractivity contribution in [3.63, 3.8) is 0 Å². The highest BCUT2D eigenvalue weighted by atomic mass is 16.3. The highest BCUT2D eigenvalue weighted by molar-refractivity contribution is 5.39. The predicted octanol–water partition coefficient (Wildman–Crippen LogP) is -1.63. The smallest absolute Gasteiger partial charge is 0.0558 e. The summed E-state index contributed by atoms with van der Waals surface area (Å²) in [6, 6.07) is 8.11. The molecule has 1 aliphatic rings. The molecule has 1 atom stereocenters. The van der Waals surface area contributed by atoms with E-state index in [0.29, 0.717) is 26.2 Å². The van der Waals surface area contributed by atoms with E-state index in [9.17, 15) is 20.4 Å². The number of aliphatic hydroxyl groups excluding tert-OH is 4. The minimum Gasteiger partial charge on any atom is -0.399 e. The molecule has 1 saturated heterocycles. The predicted molar refractivity (Wildman–Crippen MR) is 128 cm³/mol. The summed E-state index contributed by atoms with van der Waals surface area (Å²) in [7, 11) is 0. The van der Waals surface area contributed by atoms with Crippen LogP contribution in [0.4, 0.5) is 5.69 Å². The second-order valence-corrected chi connectivity index (χ2v) is 8.51. The van der Waals surface area contributed by atoms with E-state index in [-0.39, 0.29) is 32.5 Å². The molecule has 9 nitrogen and oxygen atoms in total. The van der Waals surface area contributed by atoms with Gasteiger partial charge < -0.3 is 26.2 Å². The van der Waals surface area contributed by atoms with Crippen molar-refractivity contribution in [3.05, 3.63) is 29.8 Å². The first kappa shape index (κ1) is 26.9. The molecule has 0 spiro atoms. The Morgan fingerprint density at radius 3 is 1.66 bits per heavy atom. The zero-order valence-corrected chi connectivity index (χ0v) is 19.4. The van der Waals surface area contributed by atoms with Crippen LogP contribution in [0.15, 0.2) is 24.3 Å². The lowest BCUT2D eigenvalue weighted by Gasteiger charge is -2.38. The fraction of sp³-hybridized carbons (Fsp3) is 0.739. The van der Waals surface area contributed by atoms with Crippen molar-refractivity contribution in [1.82, 2.24) is 19.6 Å². The molecule has 1 fully saturated rings. The van der Waals surface area contributed by atoms with Gasteiger partial charge in [-0.25, -0.2) is 0 Å². The van der Waals surface area contributed by atoms with Crippen LogP contribution in [0.25, 0.3) is 0 Å². The number of rotatable bonds is 10. The van der Waals surface area contributed by atoms with Crippen molar-refractivity contribution >= 4 is 5.69 Å². The van der Waals surface area contributed by atoms with E-state index in [1.165, 1.54) is 5.56 Å². The fourth-order valence-corrected chi connectivity index (χ4v) is 4.36. The summed E-state index contributed by atoms with van der Waals surface area (Å²) in [5.41, 5.74) is 7.80. The molecule has 0 radical (unpaired) electrons. The molecule has 1 unspecified atom stereocenters. The van der Waals surface area contributed by atoms with Gasteiger partial charge in [-0.2, -0.15) is 0 Å². The van der Waals surface area contributed by atoms with Crippen LogP contribution < -0.4 is 5.73 Å². The largest absolute Gasteiger partial charge is 0.399 e. The fourth-order valence-electron chi connectivity index (χ4n) is 4.36. The lowest BCUT2D eigenvalue weighted by Crippen LogP contribution is -2.52. The van der Waals surface area contributed by atoms with Gasteiger partial charge >= 0.3 is 0 Å². The van der Waals surface area contributed by atoms with E-state index < -0.39 is 0 Å². The summed E-state index contributed by atoms with van der Waals surface area (Å²) >= 11 is 0. The molecule has 1 heterocycles. The van der Waals surface area contributed by atoms with E-state index in [1.807, 2.05) is 12.1 Å². The van der Waals surface area contributed by atoms with Crippen molar-refractivity contribution in [2.75, 3.05) is 104 Å². The SMILES string of the molecule is Nc1ccc(CC2CN(CCO)CCN(CCO)CCN(CCO)CCN2CCO)cc1. The maximum Gasteiger partial charge on any atom is 0.0558 e. The Morgan fingerprint density at radius 1 is 0.656 bits per heavy atom. The summed E-state index contributed by atoms with van der Waals surface area (Å²) in [6.45, 7) is 8.41. The Bertz CT molecular complexity index is 607. The number of anilines is 1. The van der Waals surface area contributed by atoms with E-state index >= 15 is 0 Å². The highest BCUT2D eigenvalue weighted by Gasteiger charge is 2.24.